The van der Waals surface area contributed by atoms with Crippen molar-refractivity contribution in [1.29, 1.82) is 0 Å². The molecule has 1 aliphatic heterocycles. The minimum Gasteiger partial charge on any atom is -0.359 e. The summed E-state index contributed by atoms with van der Waals surface area (Å²) in [6.45, 7) is 1.10. The zero-order valence-electron chi connectivity index (χ0n) is 8.20. The number of benzene rings is 1. The molecule has 0 spiro atoms. The van der Waals surface area contributed by atoms with Gasteiger partial charge in [-0.15, -0.1) is 0 Å². The summed E-state index contributed by atoms with van der Waals surface area (Å²) in [6.07, 6.45) is 1.13. The Labute approximate surface area is 83.2 Å². The third kappa shape index (κ3) is 1.00. The molecule has 0 saturated heterocycles. The fraction of sp³-hybridized carbons (Fsp3) is 0.250. The molecule has 2 aromatic rings. The van der Waals surface area contributed by atoms with Crippen LogP contribution in [0.4, 0.5) is 5.82 Å². The van der Waals surface area contributed by atoms with E-state index in [4.69, 9.17) is 0 Å². The standard InChI is InChI=1S/C12H12N2/c1-14-7-6-10-8-9-4-2-3-5-11(9)13-12(10)14/h2-5,8H,6-7H2,1H3. The number of nitrogens with zero attached hydrogens (tertiary/aromatic N) is 2. The van der Waals surface area contributed by atoms with E-state index in [-0.39, 0.29) is 0 Å². The number of aromatic nitrogens is 1. The van der Waals surface area contributed by atoms with E-state index in [1.54, 1.807) is 0 Å². The lowest BCUT2D eigenvalue weighted by molar-refractivity contribution is 0.947. The van der Waals surface area contributed by atoms with E-state index in [0.717, 1.165) is 24.3 Å². The van der Waals surface area contributed by atoms with E-state index in [1.807, 2.05) is 6.07 Å². The van der Waals surface area contributed by atoms with E-state index in [9.17, 15) is 0 Å². The van der Waals surface area contributed by atoms with Crippen molar-refractivity contribution in [1.82, 2.24) is 4.98 Å². The van der Waals surface area contributed by atoms with Crippen LogP contribution in [0.25, 0.3) is 10.9 Å². The van der Waals surface area contributed by atoms with Crippen LogP contribution < -0.4 is 4.90 Å². The van der Waals surface area contributed by atoms with Crippen LogP contribution in [0.15, 0.2) is 30.3 Å². The molecule has 1 aliphatic rings. The van der Waals surface area contributed by atoms with Gasteiger partial charge in [0.1, 0.15) is 5.82 Å². The molecule has 2 heteroatoms. The van der Waals surface area contributed by atoms with Gasteiger partial charge in [-0.3, -0.25) is 0 Å². The van der Waals surface area contributed by atoms with Crippen LogP contribution in [0.3, 0.4) is 0 Å². The predicted molar refractivity (Wildman–Crippen MR) is 58.7 cm³/mol. The second-order valence-corrected chi connectivity index (χ2v) is 3.84. The van der Waals surface area contributed by atoms with Gasteiger partial charge in [0.2, 0.25) is 0 Å². The normalized spacial score (nSPS) is 14.8. The molecule has 0 bridgehead atoms. The van der Waals surface area contributed by atoms with Crippen LogP contribution in [0.5, 0.6) is 0 Å². The first-order valence-corrected chi connectivity index (χ1v) is 4.94. The van der Waals surface area contributed by atoms with Crippen LogP contribution in [0.2, 0.25) is 0 Å². The van der Waals surface area contributed by atoms with Crippen molar-refractivity contribution in [3.63, 3.8) is 0 Å². The molecule has 0 atom stereocenters. The van der Waals surface area contributed by atoms with E-state index in [2.05, 4.69) is 41.2 Å². The van der Waals surface area contributed by atoms with Crippen LogP contribution in [0, 0.1) is 0 Å². The monoisotopic (exact) mass is 184 g/mol. The number of fused-ring (bicyclic) bond motifs is 2. The van der Waals surface area contributed by atoms with E-state index < -0.39 is 0 Å². The molecule has 0 radical (unpaired) electrons. The van der Waals surface area contributed by atoms with Gasteiger partial charge >= 0.3 is 0 Å². The van der Waals surface area contributed by atoms with Crippen LogP contribution in [0.1, 0.15) is 5.56 Å². The Morgan fingerprint density at radius 1 is 1.29 bits per heavy atom. The first kappa shape index (κ1) is 7.80. The Morgan fingerprint density at radius 3 is 3.07 bits per heavy atom. The van der Waals surface area contributed by atoms with Gasteiger partial charge in [-0.1, -0.05) is 18.2 Å². The molecule has 2 nitrogen and oxygen atoms in total. The van der Waals surface area contributed by atoms with Gasteiger partial charge in [0, 0.05) is 19.0 Å². The van der Waals surface area contributed by atoms with Crippen molar-refractivity contribution < 1.29 is 0 Å². The number of anilines is 1. The summed E-state index contributed by atoms with van der Waals surface area (Å²) >= 11 is 0. The molecule has 1 aromatic heterocycles. The molecule has 70 valence electrons. The van der Waals surface area contributed by atoms with Gasteiger partial charge in [-0.05, 0) is 24.1 Å². The summed E-state index contributed by atoms with van der Waals surface area (Å²) in [6, 6.07) is 10.6. The molecule has 14 heavy (non-hydrogen) atoms. The van der Waals surface area contributed by atoms with E-state index in [0.29, 0.717) is 0 Å². The zero-order valence-corrected chi connectivity index (χ0v) is 8.20. The van der Waals surface area contributed by atoms with Crippen LogP contribution in [-0.2, 0) is 6.42 Å². The average molecular weight is 184 g/mol. The van der Waals surface area contributed by atoms with Gasteiger partial charge in [0.15, 0.2) is 0 Å². The van der Waals surface area contributed by atoms with Crippen molar-refractivity contribution >= 4 is 16.7 Å². The maximum atomic E-state index is 4.66. The lowest BCUT2D eigenvalue weighted by atomic mass is 10.1. The van der Waals surface area contributed by atoms with Crippen LogP contribution in [-0.4, -0.2) is 18.6 Å². The lowest BCUT2D eigenvalue weighted by Gasteiger charge is -2.10. The molecule has 2 heterocycles. The highest BCUT2D eigenvalue weighted by Gasteiger charge is 2.17. The second-order valence-electron chi connectivity index (χ2n) is 3.84. The Kier molecular flexibility index (Phi) is 1.51. The number of rotatable bonds is 0. The highest BCUT2D eigenvalue weighted by molar-refractivity contribution is 5.82. The van der Waals surface area contributed by atoms with E-state index >= 15 is 0 Å². The molecule has 0 aliphatic carbocycles. The molecule has 3 rings (SSSR count). The summed E-state index contributed by atoms with van der Waals surface area (Å²) in [5.41, 5.74) is 2.48. The molecular formula is C12H12N2. The topological polar surface area (TPSA) is 16.1 Å². The Bertz CT molecular complexity index is 491. The van der Waals surface area contributed by atoms with Gasteiger partial charge in [0.05, 0.1) is 5.52 Å². The summed E-state index contributed by atoms with van der Waals surface area (Å²) < 4.78 is 0. The summed E-state index contributed by atoms with van der Waals surface area (Å²) in [4.78, 5) is 6.89. The van der Waals surface area contributed by atoms with Crippen molar-refractivity contribution in [2.45, 2.75) is 6.42 Å². The Balaban J connectivity index is 2.33. The maximum absolute atomic E-state index is 4.66. The fourth-order valence-electron chi connectivity index (χ4n) is 2.06. The minimum absolute atomic E-state index is 1.10. The molecule has 0 unspecified atom stereocenters. The average Bonchev–Trinajstić information content (AvgIpc) is 2.57. The summed E-state index contributed by atoms with van der Waals surface area (Å²) in [5.74, 6) is 1.16. The second kappa shape index (κ2) is 2.71. The zero-order chi connectivity index (χ0) is 9.54. The fourth-order valence-corrected chi connectivity index (χ4v) is 2.06. The number of hydrogen-bond donors (Lipinski definition) is 0. The first-order chi connectivity index (χ1) is 6.84. The highest BCUT2D eigenvalue weighted by Crippen LogP contribution is 2.27. The van der Waals surface area contributed by atoms with Crippen molar-refractivity contribution in [2.24, 2.45) is 0 Å². The Hall–Kier alpha value is -1.57. The van der Waals surface area contributed by atoms with Crippen molar-refractivity contribution in [2.75, 3.05) is 18.5 Å². The maximum Gasteiger partial charge on any atom is 0.132 e. The minimum atomic E-state index is 1.10. The number of pyridine rings is 1. The van der Waals surface area contributed by atoms with Gasteiger partial charge in [-0.2, -0.15) is 0 Å². The van der Waals surface area contributed by atoms with E-state index in [1.165, 1.54) is 10.9 Å². The van der Waals surface area contributed by atoms with Gasteiger partial charge in [0.25, 0.3) is 0 Å². The molecule has 0 amide bonds. The number of likely N-dealkylation sites (N-methyl/N-ethyl adjacent to an activating group) is 1. The molecule has 1 aromatic carbocycles. The predicted octanol–water partition coefficient (Wildman–Crippen LogP) is 2.23. The van der Waals surface area contributed by atoms with Crippen molar-refractivity contribution in [3.05, 3.63) is 35.9 Å². The first-order valence-electron chi connectivity index (χ1n) is 4.94. The molecule has 0 saturated carbocycles. The number of hydrogen-bond acceptors (Lipinski definition) is 2. The van der Waals surface area contributed by atoms with Crippen LogP contribution >= 0.6 is 0 Å². The third-order valence-electron chi connectivity index (χ3n) is 2.86. The number of para-hydroxylation sites is 1. The third-order valence-corrected chi connectivity index (χ3v) is 2.86. The summed E-state index contributed by atoms with van der Waals surface area (Å²) in [7, 11) is 2.10. The highest BCUT2D eigenvalue weighted by atomic mass is 15.2. The van der Waals surface area contributed by atoms with Gasteiger partial charge in [-0.25, -0.2) is 4.98 Å². The van der Waals surface area contributed by atoms with Gasteiger partial charge < -0.3 is 4.90 Å². The Morgan fingerprint density at radius 2 is 2.14 bits per heavy atom. The quantitative estimate of drug-likeness (QED) is 0.624. The SMILES string of the molecule is CN1CCc2cc3ccccc3nc21. The molecule has 0 fully saturated rings. The largest absolute Gasteiger partial charge is 0.359 e. The smallest absolute Gasteiger partial charge is 0.132 e. The molecule has 0 N–H and O–H groups in total. The summed E-state index contributed by atoms with van der Waals surface area (Å²) in [5, 5.41) is 1.25. The molecular weight excluding hydrogens is 172 g/mol. The lowest BCUT2D eigenvalue weighted by Crippen LogP contribution is -2.13. The van der Waals surface area contributed by atoms with Crippen molar-refractivity contribution in [3.8, 4) is 0 Å².